The Balaban J connectivity index is 1.86. The molecule has 0 aliphatic rings. The SMILES string of the molecule is CC(C)(C)OC(=O)CCCc1ccc(-c2ccc(CCN)cc2)cc1. The van der Waals surface area contributed by atoms with Gasteiger partial charge in [0.1, 0.15) is 5.60 Å². The van der Waals surface area contributed by atoms with Gasteiger partial charge in [0.2, 0.25) is 0 Å². The lowest BCUT2D eigenvalue weighted by Gasteiger charge is -2.19. The zero-order chi connectivity index (χ0) is 18.3. The Morgan fingerprint density at radius 2 is 1.36 bits per heavy atom. The Hall–Kier alpha value is -2.13. The number of rotatable bonds is 7. The van der Waals surface area contributed by atoms with Gasteiger partial charge in [-0.3, -0.25) is 4.79 Å². The summed E-state index contributed by atoms with van der Waals surface area (Å²) in [5.41, 5.74) is 10.1. The normalized spacial score (nSPS) is 11.4. The number of carbonyl (C=O) groups excluding carboxylic acids is 1. The Morgan fingerprint density at radius 3 is 1.80 bits per heavy atom. The molecule has 0 heterocycles. The van der Waals surface area contributed by atoms with Crippen molar-refractivity contribution in [3.8, 4) is 11.1 Å². The quantitative estimate of drug-likeness (QED) is 0.755. The number of hydrogen-bond acceptors (Lipinski definition) is 3. The fourth-order valence-electron chi connectivity index (χ4n) is 2.72. The van der Waals surface area contributed by atoms with Crippen LogP contribution in [0.2, 0.25) is 0 Å². The molecule has 0 bridgehead atoms. The molecule has 0 amide bonds. The van der Waals surface area contributed by atoms with Crippen LogP contribution in [0.25, 0.3) is 11.1 Å². The summed E-state index contributed by atoms with van der Waals surface area (Å²) >= 11 is 0. The van der Waals surface area contributed by atoms with E-state index in [4.69, 9.17) is 10.5 Å². The van der Waals surface area contributed by atoms with Gasteiger partial charge in [0.15, 0.2) is 0 Å². The fraction of sp³-hybridized carbons (Fsp3) is 0.409. The first kappa shape index (κ1) is 19.2. The van der Waals surface area contributed by atoms with Gasteiger partial charge >= 0.3 is 5.97 Å². The Bertz CT molecular complexity index is 667. The summed E-state index contributed by atoms with van der Waals surface area (Å²) in [5.74, 6) is -0.123. The molecule has 25 heavy (non-hydrogen) atoms. The number of hydrogen-bond donors (Lipinski definition) is 1. The van der Waals surface area contributed by atoms with Crippen LogP contribution >= 0.6 is 0 Å². The van der Waals surface area contributed by atoms with Crippen LogP contribution in [-0.4, -0.2) is 18.1 Å². The molecule has 0 fully saturated rings. The lowest BCUT2D eigenvalue weighted by molar-refractivity contribution is -0.154. The van der Waals surface area contributed by atoms with Crippen LogP contribution in [0.5, 0.6) is 0 Å². The van der Waals surface area contributed by atoms with Gasteiger partial charge in [0.05, 0.1) is 0 Å². The smallest absolute Gasteiger partial charge is 0.306 e. The third kappa shape index (κ3) is 6.71. The first-order chi connectivity index (χ1) is 11.9. The first-order valence-electron chi connectivity index (χ1n) is 8.97. The fourth-order valence-corrected chi connectivity index (χ4v) is 2.72. The van der Waals surface area contributed by atoms with Crippen LogP contribution in [0, 0.1) is 0 Å². The molecule has 2 N–H and O–H groups in total. The van der Waals surface area contributed by atoms with E-state index in [1.54, 1.807) is 0 Å². The molecule has 0 aromatic heterocycles. The highest BCUT2D eigenvalue weighted by atomic mass is 16.6. The molecule has 0 radical (unpaired) electrons. The van der Waals surface area contributed by atoms with Gasteiger partial charge in [-0.05, 0) is 68.8 Å². The number of nitrogens with two attached hydrogens (primary N) is 1. The summed E-state index contributed by atoms with van der Waals surface area (Å²) in [6.07, 6.45) is 3.06. The average Bonchev–Trinajstić information content (AvgIpc) is 2.55. The molecule has 0 atom stereocenters. The van der Waals surface area contributed by atoms with Crippen molar-refractivity contribution in [3.63, 3.8) is 0 Å². The summed E-state index contributed by atoms with van der Waals surface area (Å²) in [5, 5.41) is 0. The van der Waals surface area contributed by atoms with Gasteiger partial charge in [0, 0.05) is 6.42 Å². The molecular weight excluding hydrogens is 310 g/mol. The minimum absolute atomic E-state index is 0.123. The number of benzene rings is 2. The van der Waals surface area contributed by atoms with Crippen molar-refractivity contribution in [1.82, 2.24) is 0 Å². The standard InChI is InChI=1S/C22H29NO2/c1-22(2,3)25-21(24)6-4-5-17-7-11-19(12-8-17)20-13-9-18(10-14-20)15-16-23/h7-14H,4-6,15-16,23H2,1-3H3. The van der Waals surface area contributed by atoms with Crippen LogP contribution in [0.15, 0.2) is 48.5 Å². The molecule has 3 nitrogen and oxygen atoms in total. The average molecular weight is 339 g/mol. The predicted molar refractivity (Wildman–Crippen MR) is 103 cm³/mol. The second kappa shape index (κ2) is 8.82. The molecule has 3 heteroatoms. The van der Waals surface area contributed by atoms with Gasteiger partial charge in [-0.1, -0.05) is 48.5 Å². The Morgan fingerprint density at radius 1 is 0.880 bits per heavy atom. The van der Waals surface area contributed by atoms with E-state index in [9.17, 15) is 4.79 Å². The summed E-state index contributed by atoms with van der Waals surface area (Å²) in [7, 11) is 0. The van der Waals surface area contributed by atoms with Crippen molar-refractivity contribution < 1.29 is 9.53 Å². The molecule has 0 spiro atoms. The van der Waals surface area contributed by atoms with E-state index < -0.39 is 5.60 Å². The summed E-state index contributed by atoms with van der Waals surface area (Å²) in [6, 6.07) is 17.1. The third-order valence-corrected chi connectivity index (χ3v) is 3.94. The number of ether oxygens (including phenoxy) is 1. The largest absolute Gasteiger partial charge is 0.460 e. The summed E-state index contributed by atoms with van der Waals surface area (Å²) in [4.78, 5) is 11.7. The van der Waals surface area contributed by atoms with Crippen LogP contribution in [0.1, 0.15) is 44.7 Å². The van der Waals surface area contributed by atoms with Crippen molar-refractivity contribution in [2.24, 2.45) is 5.73 Å². The minimum Gasteiger partial charge on any atom is -0.460 e. The van der Waals surface area contributed by atoms with E-state index in [1.165, 1.54) is 22.3 Å². The first-order valence-corrected chi connectivity index (χ1v) is 8.97. The van der Waals surface area contributed by atoms with Crippen LogP contribution in [0.4, 0.5) is 0 Å². The molecular formula is C22H29NO2. The zero-order valence-corrected chi connectivity index (χ0v) is 15.5. The van der Waals surface area contributed by atoms with E-state index in [0.717, 1.165) is 19.3 Å². The highest BCUT2D eigenvalue weighted by molar-refractivity contribution is 5.69. The van der Waals surface area contributed by atoms with E-state index in [-0.39, 0.29) is 5.97 Å². The van der Waals surface area contributed by atoms with Gasteiger partial charge in [-0.15, -0.1) is 0 Å². The summed E-state index contributed by atoms with van der Waals surface area (Å²) < 4.78 is 5.33. The van der Waals surface area contributed by atoms with Crippen molar-refractivity contribution in [2.75, 3.05) is 6.54 Å². The van der Waals surface area contributed by atoms with E-state index in [2.05, 4.69) is 48.5 Å². The van der Waals surface area contributed by atoms with Gasteiger partial charge in [-0.25, -0.2) is 0 Å². The van der Waals surface area contributed by atoms with Crippen LogP contribution in [-0.2, 0) is 22.4 Å². The maximum Gasteiger partial charge on any atom is 0.306 e. The molecule has 2 rings (SSSR count). The van der Waals surface area contributed by atoms with Gasteiger partial charge in [0.25, 0.3) is 0 Å². The second-order valence-corrected chi connectivity index (χ2v) is 7.37. The lowest BCUT2D eigenvalue weighted by Crippen LogP contribution is -2.23. The predicted octanol–water partition coefficient (Wildman–Crippen LogP) is 4.52. The molecule has 0 saturated carbocycles. The van der Waals surface area contributed by atoms with Crippen molar-refractivity contribution in [1.29, 1.82) is 0 Å². The molecule has 0 aliphatic heterocycles. The molecule has 134 valence electrons. The maximum absolute atomic E-state index is 11.7. The zero-order valence-electron chi connectivity index (χ0n) is 15.5. The molecule has 0 aliphatic carbocycles. The van der Waals surface area contributed by atoms with E-state index in [0.29, 0.717) is 13.0 Å². The maximum atomic E-state index is 11.7. The van der Waals surface area contributed by atoms with Gasteiger partial charge in [-0.2, -0.15) is 0 Å². The van der Waals surface area contributed by atoms with Gasteiger partial charge < -0.3 is 10.5 Å². The van der Waals surface area contributed by atoms with Crippen molar-refractivity contribution in [2.45, 2.75) is 52.1 Å². The van der Waals surface area contributed by atoms with E-state index >= 15 is 0 Å². The number of carbonyl (C=O) groups is 1. The minimum atomic E-state index is -0.404. The number of esters is 1. The molecule has 2 aromatic carbocycles. The number of aryl methyl sites for hydroxylation is 1. The molecule has 0 saturated heterocycles. The van der Waals surface area contributed by atoms with Crippen molar-refractivity contribution >= 4 is 5.97 Å². The Labute approximate surface area is 151 Å². The van der Waals surface area contributed by atoms with E-state index in [1.807, 2.05) is 20.8 Å². The topological polar surface area (TPSA) is 52.3 Å². The molecule has 0 unspecified atom stereocenters. The molecule has 2 aromatic rings. The monoisotopic (exact) mass is 339 g/mol. The lowest BCUT2D eigenvalue weighted by atomic mass is 10.00. The van der Waals surface area contributed by atoms with Crippen molar-refractivity contribution in [3.05, 3.63) is 59.7 Å². The highest BCUT2D eigenvalue weighted by Gasteiger charge is 2.15. The third-order valence-electron chi connectivity index (χ3n) is 3.94. The Kier molecular flexibility index (Phi) is 6.77. The van der Waals surface area contributed by atoms with Crippen LogP contribution in [0.3, 0.4) is 0 Å². The summed E-state index contributed by atoms with van der Waals surface area (Å²) in [6.45, 7) is 6.36. The second-order valence-electron chi connectivity index (χ2n) is 7.37. The van der Waals surface area contributed by atoms with Crippen LogP contribution < -0.4 is 5.73 Å². The highest BCUT2D eigenvalue weighted by Crippen LogP contribution is 2.21.